The molecule has 2 aliphatic heterocycles. The van der Waals surface area contributed by atoms with Crippen LogP contribution < -0.4 is 28.4 Å². The third-order valence-corrected chi connectivity index (χ3v) is 8.45. The monoisotopic (exact) mass is 630 g/mol. The van der Waals surface area contributed by atoms with Crippen molar-refractivity contribution in [1.29, 1.82) is 0 Å². The highest BCUT2D eigenvalue weighted by Gasteiger charge is 2.27. The van der Waals surface area contributed by atoms with Crippen LogP contribution >= 0.6 is 0 Å². The molecule has 1 saturated heterocycles. The second kappa shape index (κ2) is 17.3. The van der Waals surface area contributed by atoms with Crippen molar-refractivity contribution in [3.63, 3.8) is 0 Å². The molecule has 2 heterocycles. The number of esters is 1. The Morgan fingerprint density at radius 3 is 2.07 bits per heavy atom. The molecule has 2 aliphatic rings. The van der Waals surface area contributed by atoms with Gasteiger partial charge in [-0.1, -0.05) is 6.92 Å². The summed E-state index contributed by atoms with van der Waals surface area (Å²) in [5.74, 6) is 2.61. The SMILES string of the molecule is COc1cc(C(=O)O[C@H]2CCCOc3cc(cc(OC)c3OC)COCCCN3CCCN(CC3)CC2C)cc(OC)c1OC. The lowest BCUT2D eigenvalue weighted by atomic mass is 9.99. The Hall–Kier alpha value is -3.41. The Morgan fingerprint density at radius 2 is 1.38 bits per heavy atom. The summed E-state index contributed by atoms with van der Waals surface area (Å²) in [6.45, 7) is 9.62. The van der Waals surface area contributed by atoms with E-state index in [9.17, 15) is 4.79 Å². The molecule has 45 heavy (non-hydrogen) atoms. The number of fused-ring (bicyclic) bond motifs is 5. The van der Waals surface area contributed by atoms with Gasteiger partial charge in [0.25, 0.3) is 0 Å². The molecule has 4 rings (SSSR count). The Labute approximate surface area is 267 Å². The van der Waals surface area contributed by atoms with Gasteiger partial charge in [-0.3, -0.25) is 0 Å². The molecule has 2 aromatic carbocycles. The molecule has 3 unspecified atom stereocenters. The topological polar surface area (TPSA) is 97.4 Å². The summed E-state index contributed by atoms with van der Waals surface area (Å²) in [6.07, 6.45) is 3.02. The molecule has 0 spiro atoms. The average Bonchev–Trinajstić information content (AvgIpc) is 3.28. The first-order valence-corrected chi connectivity index (χ1v) is 15.8. The molecule has 0 saturated carbocycles. The molecular weight excluding hydrogens is 580 g/mol. The van der Waals surface area contributed by atoms with E-state index in [0.29, 0.717) is 72.7 Å². The molecule has 250 valence electrons. The first kappa shape index (κ1) is 34.5. The summed E-state index contributed by atoms with van der Waals surface area (Å²) in [5, 5.41) is 0. The highest BCUT2D eigenvalue weighted by atomic mass is 16.6. The normalized spacial score (nSPS) is 23.2. The van der Waals surface area contributed by atoms with Crippen LogP contribution in [0.2, 0.25) is 0 Å². The lowest BCUT2D eigenvalue weighted by molar-refractivity contribution is 0.00628. The van der Waals surface area contributed by atoms with Gasteiger partial charge in [-0.2, -0.15) is 0 Å². The van der Waals surface area contributed by atoms with Crippen molar-refractivity contribution in [1.82, 2.24) is 9.80 Å². The van der Waals surface area contributed by atoms with E-state index in [-0.39, 0.29) is 12.0 Å². The molecule has 11 nitrogen and oxygen atoms in total. The number of methoxy groups -OCH3 is 5. The number of benzene rings is 2. The third kappa shape index (κ3) is 9.31. The van der Waals surface area contributed by atoms with E-state index >= 15 is 0 Å². The number of hydrogen-bond donors (Lipinski definition) is 0. The number of carbonyl (C=O) groups is 1. The van der Waals surface area contributed by atoms with Crippen LogP contribution in [-0.2, 0) is 16.1 Å². The van der Waals surface area contributed by atoms with Gasteiger partial charge in [0, 0.05) is 38.7 Å². The maximum Gasteiger partial charge on any atom is 0.338 e. The van der Waals surface area contributed by atoms with Crippen molar-refractivity contribution in [2.45, 2.75) is 45.3 Å². The molecular formula is C34H50N2O9. The van der Waals surface area contributed by atoms with Gasteiger partial charge >= 0.3 is 5.97 Å². The lowest BCUT2D eigenvalue weighted by Crippen LogP contribution is -2.38. The van der Waals surface area contributed by atoms with Gasteiger partial charge in [0.2, 0.25) is 11.5 Å². The summed E-state index contributed by atoms with van der Waals surface area (Å²) in [5.41, 5.74) is 1.29. The minimum atomic E-state index is -0.438. The quantitative estimate of drug-likeness (QED) is 0.399. The van der Waals surface area contributed by atoms with E-state index < -0.39 is 5.97 Å². The summed E-state index contributed by atoms with van der Waals surface area (Å²) in [6, 6.07) is 7.13. The maximum atomic E-state index is 13.6. The zero-order chi connectivity index (χ0) is 32.2. The predicted molar refractivity (Wildman–Crippen MR) is 171 cm³/mol. The molecule has 2 aromatic rings. The van der Waals surface area contributed by atoms with Crippen molar-refractivity contribution >= 4 is 5.97 Å². The van der Waals surface area contributed by atoms with Crippen LogP contribution in [0.4, 0.5) is 0 Å². The van der Waals surface area contributed by atoms with Crippen LogP contribution in [-0.4, -0.2) is 110 Å². The highest BCUT2D eigenvalue weighted by Crippen LogP contribution is 2.40. The van der Waals surface area contributed by atoms with E-state index in [0.717, 1.165) is 57.7 Å². The number of rotatable bonds is 7. The second-order valence-electron chi connectivity index (χ2n) is 11.6. The molecule has 11 heteroatoms. The van der Waals surface area contributed by atoms with Gasteiger partial charge in [-0.25, -0.2) is 4.79 Å². The molecule has 0 aromatic heterocycles. The first-order chi connectivity index (χ1) is 21.9. The number of ether oxygens (including phenoxy) is 8. The summed E-state index contributed by atoms with van der Waals surface area (Å²) in [4.78, 5) is 18.6. The molecule has 0 amide bonds. The van der Waals surface area contributed by atoms with Crippen LogP contribution in [0.5, 0.6) is 34.5 Å². The van der Waals surface area contributed by atoms with Gasteiger partial charge < -0.3 is 47.7 Å². The molecule has 4 atom stereocenters. The predicted octanol–water partition coefficient (Wildman–Crippen LogP) is 4.68. The fourth-order valence-corrected chi connectivity index (χ4v) is 6.04. The zero-order valence-corrected chi connectivity index (χ0v) is 27.7. The lowest BCUT2D eigenvalue weighted by Gasteiger charge is -2.30. The Morgan fingerprint density at radius 1 is 0.733 bits per heavy atom. The Balaban J connectivity index is 1.56. The van der Waals surface area contributed by atoms with Crippen LogP contribution in [0, 0.1) is 5.92 Å². The summed E-state index contributed by atoms with van der Waals surface area (Å²) in [7, 11) is 7.80. The summed E-state index contributed by atoms with van der Waals surface area (Å²) < 4.78 is 46.1. The zero-order valence-electron chi connectivity index (χ0n) is 27.7. The molecule has 0 aliphatic carbocycles. The largest absolute Gasteiger partial charge is 0.493 e. The van der Waals surface area contributed by atoms with E-state index in [4.69, 9.17) is 37.9 Å². The fourth-order valence-electron chi connectivity index (χ4n) is 6.04. The second-order valence-corrected chi connectivity index (χ2v) is 11.6. The molecule has 0 radical (unpaired) electrons. The van der Waals surface area contributed by atoms with Gasteiger partial charge in [-0.15, -0.1) is 0 Å². The number of hydrogen-bond acceptors (Lipinski definition) is 11. The highest BCUT2D eigenvalue weighted by molar-refractivity contribution is 5.91. The van der Waals surface area contributed by atoms with Crippen molar-refractivity contribution in [3.8, 4) is 34.5 Å². The summed E-state index contributed by atoms with van der Waals surface area (Å²) >= 11 is 0. The van der Waals surface area contributed by atoms with Gasteiger partial charge in [0.05, 0.1) is 54.3 Å². The van der Waals surface area contributed by atoms with Crippen molar-refractivity contribution in [2.75, 3.05) is 88.0 Å². The molecule has 1 fully saturated rings. The fraction of sp³-hybridized carbons (Fsp3) is 0.618. The maximum absolute atomic E-state index is 13.6. The van der Waals surface area contributed by atoms with Crippen molar-refractivity contribution in [3.05, 3.63) is 35.4 Å². The minimum Gasteiger partial charge on any atom is -0.493 e. The number of nitrogens with zero attached hydrogens (tertiary/aromatic N) is 2. The van der Waals surface area contributed by atoms with Gasteiger partial charge in [0.1, 0.15) is 6.10 Å². The third-order valence-electron chi connectivity index (χ3n) is 8.45. The first-order valence-electron chi connectivity index (χ1n) is 15.8. The van der Waals surface area contributed by atoms with Crippen LogP contribution in [0.3, 0.4) is 0 Å². The minimum absolute atomic E-state index is 0.0935. The molecule has 4 bridgehead atoms. The number of carbonyl (C=O) groups excluding carboxylic acids is 1. The van der Waals surface area contributed by atoms with Crippen molar-refractivity contribution in [2.24, 2.45) is 5.92 Å². The average molecular weight is 631 g/mol. The van der Waals surface area contributed by atoms with Crippen LogP contribution in [0.1, 0.15) is 48.5 Å². The standard InChI is InChI=1S/C34H50N2O9/c1-24-22-36-12-8-11-35(14-15-36)13-9-16-43-23-25-18-28(38-2)33(42-6)31(19-25)44-17-7-10-27(24)45-34(37)26-20-29(39-3)32(41-5)30(21-26)40-4/h18-21,24,27H,7-17,22-23H2,1-6H3/t24?,27-/m0/s1. The van der Waals surface area contributed by atoms with E-state index in [1.807, 2.05) is 12.1 Å². The van der Waals surface area contributed by atoms with Gasteiger partial charge in [-0.05, 0) is 68.6 Å². The van der Waals surface area contributed by atoms with Crippen LogP contribution in [0.15, 0.2) is 24.3 Å². The van der Waals surface area contributed by atoms with Gasteiger partial charge in [0.15, 0.2) is 23.0 Å². The van der Waals surface area contributed by atoms with Crippen LogP contribution in [0.25, 0.3) is 0 Å². The Kier molecular flexibility index (Phi) is 13.3. The van der Waals surface area contributed by atoms with E-state index in [1.165, 1.54) is 21.3 Å². The van der Waals surface area contributed by atoms with E-state index in [2.05, 4.69) is 16.7 Å². The smallest absolute Gasteiger partial charge is 0.338 e. The van der Waals surface area contributed by atoms with Crippen molar-refractivity contribution < 1.29 is 42.7 Å². The van der Waals surface area contributed by atoms with E-state index in [1.54, 1.807) is 26.4 Å². The molecule has 0 N–H and O–H groups in total. The Bertz CT molecular complexity index is 1220.